The molecule has 0 spiro atoms. The largest absolute Gasteiger partial charge is 0.494 e. The van der Waals surface area contributed by atoms with Crippen molar-refractivity contribution in [3.8, 4) is 23.4 Å². The molecule has 1 N–H and O–H groups in total. The SMILES string of the molecule is CCOc1ccc(NC(=O)C(C#N)=Cc2c(Oc3ccc(Cl)cc3)nc3c(C)cccn3c2=O)cc1. The number of ether oxygens (including phenoxy) is 2. The third-order valence-electron chi connectivity index (χ3n) is 5.15. The van der Waals surface area contributed by atoms with Crippen molar-refractivity contribution in [1.29, 1.82) is 5.26 Å². The molecule has 0 saturated carbocycles. The molecule has 2 aromatic heterocycles. The minimum Gasteiger partial charge on any atom is -0.494 e. The molecule has 36 heavy (non-hydrogen) atoms. The van der Waals surface area contributed by atoms with Crippen LogP contribution in [0.15, 0.2) is 77.2 Å². The molecule has 0 aliphatic rings. The Kier molecular flexibility index (Phi) is 7.33. The maximum Gasteiger partial charge on any atom is 0.269 e. The summed E-state index contributed by atoms with van der Waals surface area (Å²) < 4.78 is 12.6. The number of pyridine rings is 1. The first kappa shape index (κ1) is 24.5. The standard InChI is InChI=1S/C27H21ClN4O4/c1-3-35-21-12-8-20(9-13-21)30-25(33)18(16-29)15-23-26(36-22-10-6-19(28)7-11-22)31-24-17(2)5-4-14-32(24)27(23)34/h4-15H,3H2,1-2H3,(H,30,33). The van der Waals surface area contributed by atoms with Crippen molar-refractivity contribution in [2.45, 2.75) is 13.8 Å². The predicted octanol–water partition coefficient (Wildman–Crippen LogP) is 5.39. The number of hydrogen-bond donors (Lipinski definition) is 1. The summed E-state index contributed by atoms with van der Waals surface area (Å²) in [6, 6.07) is 18.6. The van der Waals surface area contributed by atoms with E-state index in [1.165, 1.54) is 10.5 Å². The number of nitrogens with zero attached hydrogens (tertiary/aromatic N) is 3. The molecule has 0 atom stereocenters. The van der Waals surface area contributed by atoms with Crippen LogP contribution in [0.25, 0.3) is 11.7 Å². The summed E-state index contributed by atoms with van der Waals surface area (Å²) in [6.07, 6.45) is 2.74. The maximum absolute atomic E-state index is 13.4. The number of rotatable bonds is 7. The Morgan fingerprint density at radius 3 is 2.50 bits per heavy atom. The molecule has 4 rings (SSSR count). The molecular formula is C27H21ClN4O4. The molecule has 1 amide bonds. The summed E-state index contributed by atoms with van der Waals surface area (Å²) in [4.78, 5) is 30.8. The molecule has 2 aromatic carbocycles. The smallest absolute Gasteiger partial charge is 0.269 e. The predicted molar refractivity (Wildman–Crippen MR) is 138 cm³/mol. The number of halogens is 1. The van der Waals surface area contributed by atoms with Gasteiger partial charge in [0.25, 0.3) is 11.5 Å². The van der Waals surface area contributed by atoms with Crippen molar-refractivity contribution < 1.29 is 14.3 Å². The molecule has 180 valence electrons. The van der Waals surface area contributed by atoms with Crippen LogP contribution in [-0.2, 0) is 4.79 Å². The first-order valence-electron chi connectivity index (χ1n) is 11.0. The average Bonchev–Trinajstić information content (AvgIpc) is 2.87. The Morgan fingerprint density at radius 1 is 1.14 bits per heavy atom. The van der Waals surface area contributed by atoms with Crippen molar-refractivity contribution in [3.63, 3.8) is 0 Å². The number of nitrogens with one attached hydrogen (secondary N) is 1. The summed E-state index contributed by atoms with van der Waals surface area (Å²) in [6.45, 7) is 4.20. The Morgan fingerprint density at radius 2 is 1.83 bits per heavy atom. The number of nitriles is 1. The monoisotopic (exact) mass is 500 g/mol. The van der Waals surface area contributed by atoms with Gasteiger partial charge in [0.05, 0.1) is 6.61 Å². The van der Waals surface area contributed by atoms with E-state index < -0.39 is 11.5 Å². The van der Waals surface area contributed by atoms with E-state index in [0.717, 1.165) is 5.56 Å². The van der Waals surface area contributed by atoms with Gasteiger partial charge in [-0.05, 0) is 80.1 Å². The second-order valence-corrected chi connectivity index (χ2v) is 8.09. The second kappa shape index (κ2) is 10.8. The number of anilines is 1. The summed E-state index contributed by atoms with van der Waals surface area (Å²) in [7, 11) is 0. The van der Waals surface area contributed by atoms with Gasteiger partial charge >= 0.3 is 0 Å². The fourth-order valence-electron chi connectivity index (χ4n) is 3.40. The van der Waals surface area contributed by atoms with Crippen LogP contribution in [-0.4, -0.2) is 21.9 Å². The fourth-order valence-corrected chi connectivity index (χ4v) is 3.53. The highest BCUT2D eigenvalue weighted by Crippen LogP contribution is 2.26. The van der Waals surface area contributed by atoms with Crippen molar-refractivity contribution in [2.75, 3.05) is 11.9 Å². The van der Waals surface area contributed by atoms with Gasteiger partial charge in [-0.1, -0.05) is 17.7 Å². The minimum atomic E-state index is -0.687. The van der Waals surface area contributed by atoms with E-state index in [1.807, 2.05) is 26.0 Å². The van der Waals surface area contributed by atoms with Crippen molar-refractivity contribution in [2.24, 2.45) is 0 Å². The second-order valence-electron chi connectivity index (χ2n) is 7.66. The molecule has 0 fully saturated rings. The van der Waals surface area contributed by atoms with E-state index in [1.54, 1.807) is 60.8 Å². The molecule has 2 heterocycles. The van der Waals surface area contributed by atoms with Crippen LogP contribution in [0.3, 0.4) is 0 Å². The quantitative estimate of drug-likeness (QED) is 0.269. The summed E-state index contributed by atoms with van der Waals surface area (Å²) in [5, 5.41) is 12.9. The topological polar surface area (TPSA) is 106 Å². The van der Waals surface area contributed by atoms with Crippen LogP contribution in [0, 0.1) is 18.3 Å². The Hall–Kier alpha value is -4.61. The first-order chi connectivity index (χ1) is 17.4. The molecule has 4 aromatic rings. The maximum atomic E-state index is 13.4. The van der Waals surface area contributed by atoms with Gasteiger partial charge in [0.2, 0.25) is 5.88 Å². The number of carbonyl (C=O) groups is 1. The van der Waals surface area contributed by atoms with Crippen molar-refractivity contribution in [3.05, 3.63) is 98.9 Å². The highest BCUT2D eigenvalue weighted by molar-refractivity contribution is 6.30. The average molecular weight is 501 g/mol. The van der Waals surface area contributed by atoms with E-state index in [4.69, 9.17) is 21.1 Å². The molecule has 0 radical (unpaired) electrons. The van der Waals surface area contributed by atoms with E-state index in [-0.39, 0.29) is 17.0 Å². The number of aromatic nitrogens is 2. The number of hydrogen-bond acceptors (Lipinski definition) is 6. The highest BCUT2D eigenvalue weighted by atomic mass is 35.5. The number of fused-ring (bicyclic) bond motifs is 1. The molecule has 0 saturated heterocycles. The Balaban J connectivity index is 1.76. The van der Waals surface area contributed by atoms with E-state index in [0.29, 0.717) is 34.5 Å². The molecule has 0 aliphatic heterocycles. The van der Waals surface area contributed by atoms with Crippen LogP contribution in [0.1, 0.15) is 18.1 Å². The summed E-state index contributed by atoms with van der Waals surface area (Å²) >= 11 is 5.96. The summed E-state index contributed by atoms with van der Waals surface area (Å²) in [5.41, 5.74) is 0.768. The third-order valence-corrected chi connectivity index (χ3v) is 5.41. The lowest BCUT2D eigenvalue weighted by Crippen LogP contribution is -2.20. The molecule has 0 aliphatic carbocycles. The van der Waals surface area contributed by atoms with E-state index in [2.05, 4.69) is 10.3 Å². The first-order valence-corrected chi connectivity index (χ1v) is 11.4. The van der Waals surface area contributed by atoms with Gasteiger partial charge in [-0.25, -0.2) is 0 Å². The molecular weight excluding hydrogens is 480 g/mol. The third kappa shape index (κ3) is 5.37. The van der Waals surface area contributed by atoms with Gasteiger partial charge in [0.1, 0.15) is 34.4 Å². The van der Waals surface area contributed by atoms with Gasteiger partial charge < -0.3 is 14.8 Å². The van der Waals surface area contributed by atoms with E-state index in [9.17, 15) is 14.9 Å². The van der Waals surface area contributed by atoms with Gasteiger partial charge in [-0.2, -0.15) is 10.2 Å². The Labute approximate surface area is 212 Å². The van der Waals surface area contributed by atoms with Crippen LogP contribution in [0.5, 0.6) is 17.4 Å². The molecule has 9 heteroatoms. The van der Waals surface area contributed by atoms with Gasteiger partial charge in [-0.3, -0.25) is 14.0 Å². The molecule has 0 bridgehead atoms. The van der Waals surface area contributed by atoms with Crippen molar-refractivity contribution in [1.82, 2.24) is 9.38 Å². The zero-order valence-corrected chi connectivity index (χ0v) is 20.2. The normalized spacial score (nSPS) is 11.1. The fraction of sp³-hybridized carbons (Fsp3) is 0.111. The van der Waals surface area contributed by atoms with Crippen LogP contribution < -0.4 is 20.3 Å². The zero-order chi connectivity index (χ0) is 25.7. The van der Waals surface area contributed by atoms with E-state index >= 15 is 0 Å². The molecule has 0 unspecified atom stereocenters. The lowest BCUT2D eigenvalue weighted by atomic mass is 10.1. The zero-order valence-electron chi connectivity index (χ0n) is 19.5. The highest BCUT2D eigenvalue weighted by Gasteiger charge is 2.18. The Bertz CT molecular complexity index is 1550. The van der Waals surface area contributed by atoms with Gasteiger partial charge in [-0.15, -0.1) is 0 Å². The van der Waals surface area contributed by atoms with Gasteiger partial charge in [0.15, 0.2) is 0 Å². The lowest BCUT2D eigenvalue weighted by Gasteiger charge is -2.12. The van der Waals surface area contributed by atoms with Crippen LogP contribution in [0.4, 0.5) is 5.69 Å². The number of aryl methyl sites for hydroxylation is 1. The minimum absolute atomic E-state index is 0.0433. The van der Waals surface area contributed by atoms with Crippen LogP contribution in [0.2, 0.25) is 5.02 Å². The number of carbonyl (C=O) groups excluding carboxylic acids is 1. The van der Waals surface area contributed by atoms with Crippen LogP contribution >= 0.6 is 11.6 Å². The number of benzene rings is 2. The van der Waals surface area contributed by atoms with Gasteiger partial charge in [0, 0.05) is 16.9 Å². The summed E-state index contributed by atoms with van der Waals surface area (Å²) in [5.74, 6) is 0.309. The molecule has 8 nitrogen and oxygen atoms in total. The lowest BCUT2D eigenvalue weighted by molar-refractivity contribution is -0.112. The van der Waals surface area contributed by atoms with Crippen molar-refractivity contribution >= 4 is 34.9 Å². The number of amides is 1.